The first-order chi connectivity index (χ1) is 23.7. The SMILES string of the molecule is CCN(CC)CCN(C)S(=O)(=O)C(F)(F)C(F)(F)C(F)(F)C(F)(F)F.CC[N+](C)(CC)CCCN(C)S(=O)(=O)C(F)(F)C(F)(F)C(F)(F)C(F)(F)F.CI.I. The zero-order valence-electron chi connectivity index (χ0n) is 30.2. The second kappa shape index (κ2) is 21.5. The molecule has 8 nitrogen and oxygen atoms in total. The van der Waals surface area contributed by atoms with Gasteiger partial charge in [0, 0.05) is 40.2 Å². The molecule has 55 heavy (non-hydrogen) atoms. The van der Waals surface area contributed by atoms with E-state index in [1.807, 2.05) is 4.93 Å². The maximum atomic E-state index is 13.7. The van der Waals surface area contributed by atoms with E-state index in [0.29, 0.717) is 44.8 Å². The molecule has 0 aliphatic carbocycles. The van der Waals surface area contributed by atoms with E-state index in [-0.39, 0.29) is 52.1 Å². The summed E-state index contributed by atoms with van der Waals surface area (Å²) in [7, 11) is -10.5. The molecule has 0 rings (SSSR count). The van der Waals surface area contributed by atoms with Crippen molar-refractivity contribution in [3.63, 3.8) is 0 Å². The predicted octanol–water partition coefficient (Wildman–Crippen LogP) is 8.23. The molecule has 0 aromatic rings. The Morgan fingerprint density at radius 2 is 0.782 bits per heavy atom. The number of quaternary nitrogens is 1. The van der Waals surface area contributed by atoms with Gasteiger partial charge >= 0.3 is 46.6 Å². The molecule has 0 N–H and O–H groups in total. The van der Waals surface area contributed by atoms with Crippen molar-refractivity contribution < 1.29 is 100 Å². The van der Waals surface area contributed by atoms with Gasteiger partial charge in [-0.15, -0.1) is 24.0 Å². The summed E-state index contributed by atoms with van der Waals surface area (Å²) in [5.41, 5.74) is 0. The summed E-state index contributed by atoms with van der Waals surface area (Å²) in [6.45, 7) is 7.09. The number of alkyl halides is 19. The molecule has 0 aromatic heterocycles. The molecule has 0 atom stereocenters. The van der Waals surface area contributed by atoms with Gasteiger partial charge in [0.2, 0.25) is 0 Å². The third-order valence-corrected chi connectivity index (χ3v) is 11.8. The molecule has 0 amide bonds. The lowest BCUT2D eigenvalue weighted by Gasteiger charge is -2.35. The van der Waals surface area contributed by atoms with Crippen molar-refractivity contribution in [3.05, 3.63) is 0 Å². The highest BCUT2D eigenvalue weighted by molar-refractivity contribution is 14.1. The van der Waals surface area contributed by atoms with Crippen LogP contribution in [0.1, 0.15) is 34.1 Å². The topological polar surface area (TPSA) is 78.0 Å². The van der Waals surface area contributed by atoms with E-state index in [9.17, 15) is 95.9 Å². The van der Waals surface area contributed by atoms with Gasteiger partial charge in [-0.2, -0.15) is 87.6 Å². The molecule has 0 aliphatic rings. The molecule has 338 valence electrons. The van der Waals surface area contributed by atoms with Gasteiger partial charge in [-0.25, -0.2) is 16.8 Å². The van der Waals surface area contributed by atoms with E-state index < -0.39 is 79.7 Å². The molecule has 0 saturated heterocycles. The Hall–Kier alpha value is -0.0600. The largest absolute Gasteiger partial charge is 0.460 e. The first kappa shape index (κ1) is 61.6. The summed E-state index contributed by atoms with van der Waals surface area (Å²) in [5, 5.41) is -13.4. The Kier molecular flexibility index (Phi) is 24.0. The van der Waals surface area contributed by atoms with Crippen molar-refractivity contribution in [2.24, 2.45) is 0 Å². The van der Waals surface area contributed by atoms with Crippen LogP contribution in [0.2, 0.25) is 0 Å². The van der Waals surface area contributed by atoms with E-state index in [2.05, 4.69) is 22.6 Å². The minimum absolute atomic E-state index is 0. The average Bonchev–Trinajstić information content (AvgIpc) is 3.04. The maximum Gasteiger partial charge on any atom is 0.460 e. The van der Waals surface area contributed by atoms with Crippen molar-refractivity contribution >= 4 is 66.6 Å². The van der Waals surface area contributed by atoms with Gasteiger partial charge in [0.25, 0.3) is 20.0 Å². The van der Waals surface area contributed by atoms with Crippen LogP contribution in [0.4, 0.5) is 79.0 Å². The normalized spacial score (nSPS) is 14.7. The highest BCUT2D eigenvalue weighted by Gasteiger charge is 2.86. The molecule has 30 heteroatoms. The van der Waals surface area contributed by atoms with E-state index >= 15 is 0 Å². The molecular weight excluding hydrogens is 1080 g/mol. The Bertz CT molecular complexity index is 1360. The van der Waals surface area contributed by atoms with Crippen LogP contribution < -0.4 is 0 Å². The molecule has 0 fully saturated rings. The van der Waals surface area contributed by atoms with Gasteiger partial charge < -0.3 is 9.38 Å². The van der Waals surface area contributed by atoms with Crippen LogP contribution in [0.3, 0.4) is 0 Å². The Labute approximate surface area is 338 Å². The Morgan fingerprint density at radius 1 is 0.509 bits per heavy atom. The van der Waals surface area contributed by atoms with Crippen molar-refractivity contribution in [3.8, 4) is 0 Å². The van der Waals surface area contributed by atoms with Crippen molar-refractivity contribution in [1.29, 1.82) is 0 Å². The monoisotopic (exact) mass is 1120 g/mol. The van der Waals surface area contributed by atoms with Gasteiger partial charge in [-0.1, -0.05) is 36.4 Å². The van der Waals surface area contributed by atoms with Crippen LogP contribution in [0, 0.1) is 0 Å². The molecule has 0 spiro atoms. The number of likely N-dealkylation sites (N-methyl/N-ethyl adjacent to an activating group) is 2. The summed E-state index contributed by atoms with van der Waals surface area (Å²) >= 11 is 2.15. The van der Waals surface area contributed by atoms with Crippen molar-refractivity contribution in [2.75, 3.05) is 78.4 Å². The lowest BCUT2D eigenvalue weighted by molar-refractivity contribution is -0.906. The predicted molar refractivity (Wildman–Crippen MR) is 185 cm³/mol. The number of hydrogen-bond donors (Lipinski definition) is 0. The summed E-state index contributed by atoms with van der Waals surface area (Å²) in [5.74, 6) is -28.9. The molecular formula is C25H43F18I2N4O4S2+. The van der Waals surface area contributed by atoms with E-state index in [1.54, 1.807) is 34.7 Å². The number of halogens is 20. The summed E-state index contributed by atoms with van der Waals surface area (Å²) in [6.07, 6.45) is -14.3. The van der Waals surface area contributed by atoms with Crippen molar-refractivity contribution in [2.45, 2.75) is 80.7 Å². The first-order valence-electron chi connectivity index (χ1n) is 14.9. The number of rotatable bonds is 19. The molecule has 0 aliphatic heterocycles. The zero-order valence-corrected chi connectivity index (χ0v) is 36.3. The van der Waals surface area contributed by atoms with Crippen LogP contribution >= 0.6 is 46.6 Å². The smallest absolute Gasteiger partial charge is 0.326 e. The molecule has 0 bridgehead atoms. The van der Waals surface area contributed by atoms with Gasteiger partial charge in [-0.3, -0.25) is 0 Å². The van der Waals surface area contributed by atoms with E-state index in [1.165, 1.54) is 4.90 Å². The minimum atomic E-state index is -7.25. The van der Waals surface area contributed by atoms with Crippen molar-refractivity contribution in [1.82, 2.24) is 13.5 Å². The fraction of sp³-hybridized carbons (Fsp3) is 1.00. The third kappa shape index (κ3) is 13.0. The Balaban J connectivity index is -0.000000446. The molecule has 0 unspecified atom stereocenters. The van der Waals surface area contributed by atoms with E-state index in [4.69, 9.17) is 0 Å². The maximum absolute atomic E-state index is 13.7. The summed E-state index contributed by atoms with van der Waals surface area (Å²) in [6, 6.07) is 0. The molecule has 0 heterocycles. The Morgan fingerprint density at radius 3 is 1.02 bits per heavy atom. The number of sulfonamides is 2. The lowest BCUT2D eigenvalue weighted by atomic mass is 10.1. The number of nitrogens with zero attached hydrogens (tertiary/aromatic N) is 4. The number of hydrogen-bond acceptors (Lipinski definition) is 5. The fourth-order valence-electron chi connectivity index (χ4n) is 3.71. The van der Waals surface area contributed by atoms with Crippen LogP contribution in [0.15, 0.2) is 0 Å². The van der Waals surface area contributed by atoms with Crippen LogP contribution in [-0.4, -0.2) is 160 Å². The fourth-order valence-corrected chi connectivity index (χ4v) is 6.09. The van der Waals surface area contributed by atoms with Crippen LogP contribution in [0.5, 0.6) is 0 Å². The highest BCUT2D eigenvalue weighted by Crippen LogP contribution is 2.56. The average molecular weight is 1120 g/mol. The summed E-state index contributed by atoms with van der Waals surface area (Å²) < 4.78 is 277. The van der Waals surface area contributed by atoms with Gasteiger partial charge in [-0.05, 0) is 31.9 Å². The lowest BCUT2D eigenvalue weighted by Crippen LogP contribution is -2.65. The van der Waals surface area contributed by atoms with Crippen LogP contribution in [0.25, 0.3) is 0 Å². The molecule has 0 aromatic carbocycles. The van der Waals surface area contributed by atoms with Gasteiger partial charge in [0.05, 0.1) is 26.7 Å². The second-order valence-corrected chi connectivity index (χ2v) is 15.5. The minimum Gasteiger partial charge on any atom is -0.326 e. The molecule has 0 radical (unpaired) electrons. The summed E-state index contributed by atoms with van der Waals surface area (Å²) in [4.78, 5) is 3.46. The standard InChI is InChI=1S/C13H22F9N2O2S.C11H17F9N2O2S.CH3I.HI/c1-5-24(4,6-2)9-7-8-23(3)27(25,26)13(21,22)11(16,17)10(14,15)12(18,19)20;1-4-22(5-2)7-6-21(3)25(23,24)11(19,20)9(14,15)8(12,13)10(16,17)18;1-2;/h5-9H2,1-4H3;4-7H2,1-3H3;1H3;1H/q+1;;;. The quantitative estimate of drug-likeness (QED) is 0.0565. The van der Waals surface area contributed by atoms with E-state index in [0.717, 1.165) is 0 Å². The highest BCUT2D eigenvalue weighted by atomic mass is 127. The third-order valence-electron chi connectivity index (χ3n) is 8.02. The second-order valence-electron chi connectivity index (χ2n) is 11.3. The zero-order chi connectivity index (χ0) is 44.6. The van der Waals surface area contributed by atoms with Gasteiger partial charge in [0.1, 0.15) is 0 Å². The van der Waals surface area contributed by atoms with Gasteiger partial charge in [0.15, 0.2) is 0 Å². The molecule has 0 saturated carbocycles. The first-order valence-corrected chi connectivity index (χ1v) is 20.0. The van der Waals surface area contributed by atoms with Crippen LogP contribution in [-0.2, 0) is 20.0 Å².